The fourth-order valence-electron chi connectivity index (χ4n) is 2.88. The van der Waals surface area contributed by atoms with E-state index in [-0.39, 0.29) is 18.5 Å². The summed E-state index contributed by atoms with van der Waals surface area (Å²) < 4.78 is 13.3. The first kappa shape index (κ1) is 13.3. The summed E-state index contributed by atoms with van der Waals surface area (Å²) in [6, 6.07) is 4.98. The number of hydrogen-bond donors (Lipinski definition) is 2. The Bertz CT molecular complexity index is 368. The number of hydrogen-bond acceptors (Lipinski definition) is 2. The molecule has 0 aromatic heterocycles. The number of rotatable bonds is 4. The third kappa shape index (κ3) is 3.45. The lowest BCUT2D eigenvalue weighted by atomic mass is 9.84. The van der Waals surface area contributed by atoms with Gasteiger partial charge in [0, 0.05) is 5.69 Å². The maximum atomic E-state index is 13.3. The SMILES string of the molecule is Cc1cc(F)cc(NC(CO)C2CCCCC2)c1. The van der Waals surface area contributed by atoms with Gasteiger partial charge in [0.2, 0.25) is 0 Å². The van der Waals surface area contributed by atoms with Gasteiger partial charge in [0.1, 0.15) is 5.82 Å². The molecule has 1 aliphatic rings. The van der Waals surface area contributed by atoms with Gasteiger partial charge in [0.15, 0.2) is 0 Å². The van der Waals surface area contributed by atoms with Crippen molar-refractivity contribution in [2.45, 2.75) is 45.1 Å². The standard InChI is InChI=1S/C15H22FNO/c1-11-7-13(16)9-14(8-11)17-15(10-18)12-5-3-2-4-6-12/h7-9,12,15,17-18H,2-6,10H2,1H3. The van der Waals surface area contributed by atoms with Crippen molar-refractivity contribution in [3.63, 3.8) is 0 Å². The highest BCUT2D eigenvalue weighted by Gasteiger charge is 2.22. The van der Waals surface area contributed by atoms with Gasteiger partial charge >= 0.3 is 0 Å². The van der Waals surface area contributed by atoms with Crippen LogP contribution in [0.15, 0.2) is 18.2 Å². The lowest BCUT2D eigenvalue weighted by molar-refractivity contribution is 0.209. The summed E-state index contributed by atoms with van der Waals surface area (Å²) in [5.41, 5.74) is 1.68. The molecule has 1 atom stereocenters. The zero-order chi connectivity index (χ0) is 13.0. The zero-order valence-electron chi connectivity index (χ0n) is 11.0. The highest BCUT2D eigenvalue weighted by atomic mass is 19.1. The second-order valence-corrected chi connectivity index (χ2v) is 5.35. The number of benzene rings is 1. The van der Waals surface area contributed by atoms with Crippen LogP contribution < -0.4 is 5.32 Å². The largest absolute Gasteiger partial charge is 0.394 e. The Morgan fingerprint density at radius 2 is 2.00 bits per heavy atom. The van der Waals surface area contributed by atoms with E-state index in [1.54, 1.807) is 0 Å². The summed E-state index contributed by atoms with van der Waals surface area (Å²) in [6.07, 6.45) is 6.10. The van der Waals surface area contributed by atoms with Crippen molar-refractivity contribution in [2.75, 3.05) is 11.9 Å². The van der Waals surface area contributed by atoms with Crippen LogP contribution in [-0.4, -0.2) is 17.8 Å². The Labute approximate surface area is 108 Å². The summed E-state index contributed by atoms with van der Waals surface area (Å²) in [6.45, 7) is 1.99. The second-order valence-electron chi connectivity index (χ2n) is 5.35. The molecule has 2 rings (SSSR count). The number of aliphatic hydroxyl groups excluding tert-OH is 1. The van der Waals surface area contributed by atoms with Crippen LogP contribution in [-0.2, 0) is 0 Å². The Kier molecular flexibility index (Phi) is 4.59. The van der Waals surface area contributed by atoms with Crippen LogP contribution in [0.5, 0.6) is 0 Å². The average molecular weight is 251 g/mol. The lowest BCUT2D eigenvalue weighted by Gasteiger charge is -2.30. The van der Waals surface area contributed by atoms with E-state index in [0.29, 0.717) is 5.92 Å². The molecule has 0 amide bonds. The van der Waals surface area contributed by atoms with Crippen LogP contribution in [0.2, 0.25) is 0 Å². The second kappa shape index (κ2) is 6.19. The molecule has 18 heavy (non-hydrogen) atoms. The van der Waals surface area contributed by atoms with Gasteiger partial charge in [0.05, 0.1) is 12.6 Å². The summed E-state index contributed by atoms with van der Waals surface area (Å²) in [7, 11) is 0. The van der Waals surface area contributed by atoms with Gasteiger partial charge < -0.3 is 10.4 Å². The van der Waals surface area contributed by atoms with Gasteiger partial charge in [-0.2, -0.15) is 0 Å². The van der Waals surface area contributed by atoms with Crippen LogP contribution in [0.3, 0.4) is 0 Å². The van der Waals surface area contributed by atoms with Crippen molar-refractivity contribution >= 4 is 5.69 Å². The van der Waals surface area contributed by atoms with E-state index >= 15 is 0 Å². The molecular formula is C15H22FNO. The Morgan fingerprint density at radius 1 is 1.28 bits per heavy atom. The van der Waals surface area contributed by atoms with E-state index in [0.717, 1.165) is 24.1 Å². The van der Waals surface area contributed by atoms with Crippen molar-refractivity contribution in [3.8, 4) is 0 Å². The fraction of sp³-hybridized carbons (Fsp3) is 0.600. The summed E-state index contributed by atoms with van der Waals surface area (Å²) in [5.74, 6) is 0.283. The van der Waals surface area contributed by atoms with Crippen LogP contribution >= 0.6 is 0 Å². The number of nitrogens with one attached hydrogen (secondary N) is 1. The summed E-state index contributed by atoms with van der Waals surface area (Å²) in [5, 5.41) is 12.8. The van der Waals surface area contributed by atoms with Gasteiger partial charge in [-0.05, 0) is 49.4 Å². The fourth-order valence-corrected chi connectivity index (χ4v) is 2.88. The van der Waals surface area contributed by atoms with Crippen LogP contribution in [0.1, 0.15) is 37.7 Å². The Balaban J connectivity index is 2.04. The minimum absolute atomic E-state index is 0.0477. The highest BCUT2D eigenvalue weighted by Crippen LogP contribution is 2.28. The Hall–Kier alpha value is -1.09. The topological polar surface area (TPSA) is 32.3 Å². The maximum absolute atomic E-state index is 13.3. The van der Waals surface area contributed by atoms with Crippen LogP contribution in [0, 0.1) is 18.7 Å². The van der Waals surface area contributed by atoms with Gasteiger partial charge in [-0.1, -0.05) is 19.3 Å². The predicted octanol–water partition coefficient (Wildman–Crippen LogP) is 3.49. The first-order valence-electron chi connectivity index (χ1n) is 6.83. The minimum atomic E-state index is -0.224. The van der Waals surface area contributed by atoms with Crippen molar-refractivity contribution in [1.29, 1.82) is 0 Å². The molecule has 0 saturated heterocycles. The molecule has 2 nitrogen and oxygen atoms in total. The molecule has 1 unspecified atom stereocenters. The minimum Gasteiger partial charge on any atom is -0.394 e. The molecule has 0 spiro atoms. The molecule has 1 fully saturated rings. The number of anilines is 1. The molecule has 1 aliphatic carbocycles. The molecule has 3 heteroatoms. The van der Waals surface area contributed by atoms with Crippen molar-refractivity contribution in [2.24, 2.45) is 5.92 Å². The smallest absolute Gasteiger partial charge is 0.125 e. The highest BCUT2D eigenvalue weighted by molar-refractivity contribution is 5.47. The van der Waals surface area contributed by atoms with Crippen molar-refractivity contribution in [1.82, 2.24) is 0 Å². The van der Waals surface area contributed by atoms with Crippen molar-refractivity contribution < 1.29 is 9.50 Å². The number of aliphatic hydroxyl groups is 1. The Morgan fingerprint density at radius 3 is 2.61 bits per heavy atom. The van der Waals surface area contributed by atoms with E-state index in [1.807, 2.05) is 13.0 Å². The maximum Gasteiger partial charge on any atom is 0.125 e. The van der Waals surface area contributed by atoms with E-state index in [9.17, 15) is 9.50 Å². The van der Waals surface area contributed by atoms with Gasteiger partial charge in [-0.25, -0.2) is 4.39 Å². The molecule has 2 N–H and O–H groups in total. The van der Waals surface area contributed by atoms with Crippen LogP contribution in [0.25, 0.3) is 0 Å². The van der Waals surface area contributed by atoms with E-state index in [2.05, 4.69) is 5.32 Å². The molecule has 0 aliphatic heterocycles. The van der Waals surface area contributed by atoms with Crippen LogP contribution in [0.4, 0.5) is 10.1 Å². The molecule has 0 heterocycles. The monoisotopic (exact) mass is 251 g/mol. The molecule has 100 valence electrons. The molecule has 1 aromatic carbocycles. The molecule has 0 bridgehead atoms. The van der Waals surface area contributed by atoms with Gasteiger partial charge in [0.25, 0.3) is 0 Å². The zero-order valence-corrected chi connectivity index (χ0v) is 11.0. The summed E-state index contributed by atoms with van der Waals surface area (Å²) >= 11 is 0. The van der Waals surface area contributed by atoms with E-state index in [4.69, 9.17) is 0 Å². The third-order valence-corrected chi connectivity index (χ3v) is 3.81. The average Bonchev–Trinajstić information content (AvgIpc) is 2.36. The van der Waals surface area contributed by atoms with Gasteiger partial charge in [-0.15, -0.1) is 0 Å². The molecule has 0 radical (unpaired) electrons. The summed E-state index contributed by atoms with van der Waals surface area (Å²) in [4.78, 5) is 0. The van der Waals surface area contributed by atoms with E-state index < -0.39 is 0 Å². The van der Waals surface area contributed by atoms with E-state index in [1.165, 1.54) is 31.4 Å². The van der Waals surface area contributed by atoms with Crippen molar-refractivity contribution in [3.05, 3.63) is 29.6 Å². The molecule has 1 aromatic rings. The lowest BCUT2D eigenvalue weighted by Crippen LogP contribution is -2.34. The quantitative estimate of drug-likeness (QED) is 0.858. The number of halogens is 1. The number of aryl methyl sites for hydroxylation is 1. The first-order chi connectivity index (χ1) is 8.69. The molecule has 1 saturated carbocycles. The van der Waals surface area contributed by atoms with Gasteiger partial charge in [-0.3, -0.25) is 0 Å². The molecular weight excluding hydrogens is 229 g/mol. The first-order valence-corrected chi connectivity index (χ1v) is 6.83. The normalized spacial score (nSPS) is 18.6. The predicted molar refractivity (Wildman–Crippen MR) is 72.2 cm³/mol. The third-order valence-electron chi connectivity index (χ3n) is 3.81.